The number of fused-ring (bicyclic) bond motifs is 1. The molecule has 0 N–H and O–H groups in total. The molecule has 1 amide bonds. The quantitative estimate of drug-likeness (QED) is 0.733. The molecule has 1 aliphatic heterocycles. The van der Waals surface area contributed by atoms with Crippen LogP contribution in [0.2, 0.25) is 0 Å². The molecule has 19 heavy (non-hydrogen) atoms. The Morgan fingerprint density at radius 1 is 1.37 bits per heavy atom. The molecule has 1 saturated heterocycles. The van der Waals surface area contributed by atoms with Gasteiger partial charge in [-0.05, 0) is 58.5 Å². The summed E-state index contributed by atoms with van der Waals surface area (Å²) in [5.41, 5.74) is 0. The number of nitrogens with zero attached hydrogens (tertiary/aromatic N) is 1. The number of amides is 1. The summed E-state index contributed by atoms with van der Waals surface area (Å²) in [5, 5.41) is 1.99. The summed E-state index contributed by atoms with van der Waals surface area (Å²) in [4.78, 5) is 15.8. The van der Waals surface area contributed by atoms with E-state index in [1.165, 1.54) is 25.7 Å². The third kappa shape index (κ3) is 2.49. The zero-order valence-corrected chi connectivity index (χ0v) is 13.7. The van der Waals surface area contributed by atoms with Crippen molar-refractivity contribution in [2.45, 2.75) is 45.1 Å². The SMILES string of the molecule is CC1CCN(C(=O)c2sccc2Br)C2CCCCC12. The minimum atomic E-state index is 0.241. The lowest BCUT2D eigenvalue weighted by molar-refractivity contribution is 0.0221. The van der Waals surface area contributed by atoms with E-state index >= 15 is 0 Å². The molecule has 0 aromatic carbocycles. The lowest BCUT2D eigenvalue weighted by Gasteiger charge is -2.47. The van der Waals surface area contributed by atoms with E-state index < -0.39 is 0 Å². The average Bonchev–Trinajstić information content (AvgIpc) is 2.85. The van der Waals surface area contributed by atoms with E-state index in [9.17, 15) is 4.79 Å². The maximum Gasteiger partial charge on any atom is 0.265 e. The smallest absolute Gasteiger partial charge is 0.265 e. The molecule has 2 fully saturated rings. The van der Waals surface area contributed by atoms with Gasteiger partial charge in [-0.1, -0.05) is 19.8 Å². The number of likely N-dealkylation sites (tertiary alicyclic amines) is 1. The van der Waals surface area contributed by atoms with Gasteiger partial charge in [0, 0.05) is 17.1 Å². The van der Waals surface area contributed by atoms with Crippen LogP contribution in [0, 0.1) is 11.8 Å². The molecule has 3 unspecified atom stereocenters. The topological polar surface area (TPSA) is 20.3 Å². The second-order valence-electron chi connectivity index (χ2n) is 5.88. The highest BCUT2D eigenvalue weighted by Gasteiger charge is 2.40. The van der Waals surface area contributed by atoms with Crippen molar-refractivity contribution in [3.63, 3.8) is 0 Å². The first-order chi connectivity index (χ1) is 9.18. The molecule has 4 heteroatoms. The Bertz CT molecular complexity index is 472. The van der Waals surface area contributed by atoms with Crippen molar-refractivity contribution >= 4 is 33.2 Å². The van der Waals surface area contributed by atoms with Crippen molar-refractivity contribution in [3.05, 3.63) is 20.8 Å². The number of halogens is 1. The Labute approximate surface area is 127 Å². The van der Waals surface area contributed by atoms with Gasteiger partial charge in [0.05, 0.1) is 0 Å². The molecule has 2 aliphatic rings. The highest BCUT2D eigenvalue weighted by atomic mass is 79.9. The van der Waals surface area contributed by atoms with Crippen LogP contribution in [-0.4, -0.2) is 23.4 Å². The number of rotatable bonds is 1. The van der Waals surface area contributed by atoms with Crippen LogP contribution in [0.3, 0.4) is 0 Å². The summed E-state index contributed by atoms with van der Waals surface area (Å²) in [6.45, 7) is 3.30. The average molecular weight is 342 g/mol. The van der Waals surface area contributed by atoms with Gasteiger partial charge < -0.3 is 4.90 Å². The fourth-order valence-electron chi connectivity index (χ4n) is 3.74. The predicted octanol–water partition coefficient (Wildman–Crippen LogP) is 4.55. The van der Waals surface area contributed by atoms with E-state index in [1.54, 1.807) is 11.3 Å². The van der Waals surface area contributed by atoms with Gasteiger partial charge in [-0.25, -0.2) is 0 Å². The van der Waals surface area contributed by atoms with Gasteiger partial charge >= 0.3 is 0 Å². The Balaban J connectivity index is 1.84. The van der Waals surface area contributed by atoms with Crippen LogP contribution in [0.5, 0.6) is 0 Å². The molecule has 2 heterocycles. The number of hydrogen-bond donors (Lipinski definition) is 0. The molecule has 2 nitrogen and oxygen atoms in total. The molecule has 0 spiro atoms. The molecule has 104 valence electrons. The van der Waals surface area contributed by atoms with Crippen molar-refractivity contribution in [1.82, 2.24) is 4.90 Å². The van der Waals surface area contributed by atoms with Crippen molar-refractivity contribution in [1.29, 1.82) is 0 Å². The molecule has 1 saturated carbocycles. The van der Waals surface area contributed by atoms with Crippen molar-refractivity contribution < 1.29 is 4.79 Å². The zero-order valence-electron chi connectivity index (χ0n) is 11.3. The Morgan fingerprint density at radius 3 is 2.89 bits per heavy atom. The van der Waals surface area contributed by atoms with Gasteiger partial charge in [-0.15, -0.1) is 11.3 Å². The molecule has 0 radical (unpaired) electrons. The summed E-state index contributed by atoms with van der Waals surface area (Å²) in [6.07, 6.45) is 6.29. The summed E-state index contributed by atoms with van der Waals surface area (Å²) in [7, 11) is 0. The van der Waals surface area contributed by atoms with Gasteiger partial charge in [0.15, 0.2) is 0 Å². The maximum absolute atomic E-state index is 12.7. The van der Waals surface area contributed by atoms with Crippen molar-refractivity contribution in [3.8, 4) is 0 Å². The Kier molecular flexibility index (Phi) is 3.99. The lowest BCUT2D eigenvalue weighted by Crippen LogP contribution is -2.52. The number of carbonyl (C=O) groups is 1. The van der Waals surface area contributed by atoms with Gasteiger partial charge in [0.25, 0.3) is 5.91 Å². The normalized spacial score (nSPS) is 31.1. The third-order valence-corrected chi connectivity index (χ3v) is 6.64. The summed E-state index contributed by atoms with van der Waals surface area (Å²) in [5.74, 6) is 1.75. The van der Waals surface area contributed by atoms with Gasteiger partial charge in [0.2, 0.25) is 0 Å². The van der Waals surface area contributed by atoms with Crippen LogP contribution in [0.4, 0.5) is 0 Å². The summed E-state index contributed by atoms with van der Waals surface area (Å²) >= 11 is 5.05. The van der Waals surface area contributed by atoms with Crippen LogP contribution < -0.4 is 0 Å². The van der Waals surface area contributed by atoms with E-state index in [0.29, 0.717) is 6.04 Å². The Hall–Kier alpha value is -0.350. The summed E-state index contributed by atoms with van der Waals surface area (Å²) in [6, 6.07) is 2.46. The minimum Gasteiger partial charge on any atom is -0.335 e. The van der Waals surface area contributed by atoms with Crippen LogP contribution in [0.1, 0.15) is 48.7 Å². The van der Waals surface area contributed by atoms with Crippen molar-refractivity contribution in [2.24, 2.45) is 11.8 Å². The monoisotopic (exact) mass is 341 g/mol. The molecule has 3 atom stereocenters. The van der Waals surface area contributed by atoms with E-state index in [4.69, 9.17) is 0 Å². The standard InChI is InChI=1S/C15H20BrNOS/c1-10-6-8-17(13-5-3-2-4-11(10)13)15(18)14-12(16)7-9-19-14/h7,9-11,13H,2-6,8H2,1H3. The second kappa shape index (κ2) is 5.57. The maximum atomic E-state index is 12.7. The van der Waals surface area contributed by atoms with Crippen LogP contribution in [-0.2, 0) is 0 Å². The number of piperidine rings is 1. The molecular formula is C15H20BrNOS. The Morgan fingerprint density at radius 2 is 2.16 bits per heavy atom. The highest BCUT2D eigenvalue weighted by molar-refractivity contribution is 9.10. The van der Waals surface area contributed by atoms with E-state index in [0.717, 1.165) is 34.2 Å². The predicted molar refractivity (Wildman–Crippen MR) is 82.6 cm³/mol. The molecular weight excluding hydrogens is 322 g/mol. The molecule has 0 bridgehead atoms. The number of carbonyl (C=O) groups excluding carboxylic acids is 1. The first-order valence-electron chi connectivity index (χ1n) is 7.22. The molecule has 1 aromatic heterocycles. The summed E-state index contributed by atoms with van der Waals surface area (Å²) < 4.78 is 0.952. The van der Waals surface area contributed by atoms with E-state index in [1.807, 2.05) is 11.4 Å². The third-order valence-electron chi connectivity index (χ3n) is 4.81. The first-order valence-corrected chi connectivity index (χ1v) is 8.89. The van der Waals surface area contributed by atoms with Crippen LogP contribution >= 0.6 is 27.3 Å². The molecule has 1 aromatic rings. The number of thiophene rings is 1. The van der Waals surface area contributed by atoms with Crippen LogP contribution in [0.25, 0.3) is 0 Å². The van der Waals surface area contributed by atoms with Gasteiger partial charge in [-0.2, -0.15) is 0 Å². The van der Waals surface area contributed by atoms with Crippen LogP contribution in [0.15, 0.2) is 15.9 Å². The van der Waals surface area contributed by atoms with E-state index in [2.05, 4.69) is 27.8 Å². The molecule has 3 rings (SSSR count). The van der Waals surface area contributed by atoms with Crippen molar-refractivity contribution in [2.75, 3.05) is 6.54 Å². The van der Waals surface area contributed by atoms with Gasteiger partial charge in [0.1, 0.15) is 4.88 Å². The molecule has 1 aliphatic carbocycles. The van der Waals surface area contributed by atoms with E-state index in [-0.39, 0.29) is 5.91 Å². The zero-order chi connectivity index (χ0) is 13.4. The fraction of sp³-hybridized carbons (Fsp3) is 0.667. The second-order valence-corrected chi connectivity index (χ2v) is 7.65. The fourth-order valence-corrected chi connectivity index (χ4v) is 5.24. The number of hydrogen-bond acceptors (Lipinski definition) is 2. The first kappa shape index (κ1) is 13.6. The van der Waals surface area contributed by atoms with Gasteiger partial charge in [-0.3, -0.25) is 4.79 Å². The highest BCUT2D eigenvalue weighted by Crippen LogP contribution is 2.40. The largest absolute Gasteiger partial charge is 0.335 e. The lowest BCUT2D eigenvalue weighted by atomic mass is 9.72. The minimum absolute atomic E-state index is 0.241.